The summed E-state index contributed by atoms with van der Waals surface area (Å²) in [6.45, 7) is 0. The SMILES string of the molecule is N#CCc1cnc(I)cc1F. The number of pyridine rings is 1. The zero-order valence-corrected chi connectivity index (χ0v) is 7.67. The molecule has 0 radical (unpaired) electrons. The second-order valence-corrected chi connectivity index (χ2v) is 3.04. The van der Waals surface area contributed by atoms with Gasteiger partial charge in [0.15, 0.2) is 0 Å². The molecule has 11 heavy (non-hydrogen) atoms. The quantitative estimate of drug-likeness (QED) is 0.572. The maximum Gasteiger partial charge on any atom is 0.131 e. The highest BCUT2D eigenvalue weighted by Gasteiger charge is 2.01. The van der Waals surface area contributed by atoms with E-state index in [0.29, 0.717) is 9.26 Å². The third kappa shape index (κ3) is 2.12. The number of rotatable bonds is 1. The number of hydrogen-bond acceptors (Lipinski definition) is 2. The first-order valence-electron chi connectivity index (χ1n) is 2.91. The Kier molecular flexibility index (Phi) is 2.76. The Balaban J connectivity index is 3.01. The number of aromatic nitrogens is 1. The van der Waals surface area contributed by atoms with Gasteiger partial charge in [0.2, 0.25) is 0 Å². The van der Waals surface area contributed by atoms with Gasteiger partial charge in [-0.25, -0.2) is 9.37 Å². The van der Waals surface area contributed by atoms with E-state index >= 15 is 0 Å². The molecule has 1 rings (SSSR count). The van der Waals surface area contributed by atoms with Crippen LogP contribution in [-0.2, 0) is 6.42 Å². The molecule has 0 spiro atoms. The van der Waals surface area contributed by atoms with Crippen molar-refractivity contribution in [2.45, 2.75) is 6.42 Å². The smallest absolute Gasteiger partial charge is 0.131 e. The highest BCUT2D eigenvalue weighted by atomic mass is 127. The second-order valence-electron chi connectivity index (χ2n) is 1.93. The third-order valence-electron chi connectivity index (χ3n) is 1.17. The summed E-state index contributed by atoms with van der Waals surface area (Å²) in [6.07, 6.45) is 1.47. The van der Waals surface area contributed by atoms with Gasteiger partial charge >= 0.3 is 0 Å². The van der Waals surface area contributed by atoms with E-state index in [1.807, 2.05) is 28.7 Å². The summed E-state index contributed by atoms with van der Waals surface area (Å²) in [4.78, 5) is 3.85. The van der Waals surface area contributed by atoms with Gasteiger partial charge < -0.3 is 0 Å². The predicted molar refractivity (Wildman–Crippen MR) is 46.2 cm³/mol. The second kappa shape index (κ2) is 3.62. The van der Waals surface area contributed by atoms with E-state index in [1.165, 1.54) is 12.3 Å². The predicted octanol–water partition coefficient (Wildman–Crippen LogP) is 1.89. The van der Waals surface area contributed by atoms with Gasteiger partial charge in [0.05, 0.1) is 12.5 Å². The zero-order chi connectivity index (χ0) is 8.27. The van der Waals surface area contributed by atoms with Crippen LogP contribution in [0.5, 0.6) is 0 Å². The lowest BCUT2D eigenvalue weighted by atomic mass is 10.2. The first-order chi connectivity index (χ1) is 5.24. The summed E-state index contributed by atoms with van der Waals surface area (Å²) >= 11 is 1.92. The first-order valence-corrected chi connectivity index (χ1v) is 3.99. The highest BCUT2D eigenvalue weighted by Crippen LogP contribution is 2.09. The fourth-order valence-corrected chi connectivity index (χ4v) is 1.06. The molecular weight excluding hydrogens is 258 g/mol. The molecule has 56 valence electrons. The molecule has 1 heterocycles. The number of nitrogens with zero attached hydrogens (tertiary/aromatic N) is 2. The molecule has 0 N–H and O–H groups in total. The van der Waals surface area contributed by atoms with Gasteiger partial charge in [-0.05, 0) is 22.6 Å². The molecule has 0 fully saturated rings. The Bertz CT molecular complexity index is 306. The molecule has 2 nitrogen and oxygen atoms in total. The van der Waals surface area contributed by atoms with Crippen LogP contribution < -0.4 is 0 Å². The van der Waals surface area contributed by atoms with Crippen LogP contribution in [-0.4, -0.2) is 4.98 Å². The van der Waals surface area contributed by atoms with Crippen molar-refractivity contribution in [2.24, 2.45) is 0 Å². The van der Waals surface area contributed by atoms with E-state index in [0.717, 1.165) is 0 Å². The molecule has 0 unspecified atom stereocenters. The lowest BCUT2D eigenvalue weighted by Gasteiger charge is -1.95. The highest BCUT2D eigenvalue weighted by molar-refractivity contribution is 14.1. The van der Waals surface area contributed by atoms with Gasteiger partial charge in [0.25, 0.3) is 0 Å². The number of halogens is 2. The Morgan fingerprint density at radius 3 is 3.00 bits per heavy atom. The topological polar surface area (TPSA) is 36.7 Å². The van der Waals surface area contributed by atoms with E-state index in [9.17, 15) is 4.39 Å². The Hall–Kier alpha value is -0.700. The van der Waals surface area contributed by atoms with E-state index in [4.69, 9.17) is 5.26 Å². The van der Waals surface area contributed by atoms with Crippen molar-refractivity contribution in [2.75, 3.05) is 0 Å². The average Bonchev–Trinajstić information content (AvgIpc) is 1.95. The zero-order valence-electron chi connectivity index (χ0n) is 5.51. The lowest BCUT2D eigenvalue weighted by molar-refractivity contribution is 0.611. The van der Waals surface area contributed by atoms with Crippen LogP contribution in [0.1, 0.15) is 5.56 Å². The molecule has 0 saturated carbocycles. The van der Waals surface area contributed by atoms with Crippen molar-refractivity contribution < 1.29 is 4.39 Å². The number of hydrogen-bond donors (Lipinski definition) is 0. The molecule has 4 heteroatoms. The van der Waals surface area contributed by atoms with Crippen molar-refractivity contribution in [3.63, 3.8) is 0 Å². The van der Waals surface area contributed by atoms with Gasteiger partial charge in [-0.1, -0.05) is 0 Å². The Morgan fingerprint density at radius 2 is 2.45 bits per heavy atom. The molecule has 0 aliphatic heterocycles. The Labute approximate surface area is 77.2 Å². The van der Waals surface area contributed by atoms with E-state index in [2.05, 4.69) is 4.98 Å². The van der Waals surface area contributed by atoms with Crippen LogP contribution in [0.25, 0.3) is 0 Å². The molecule has 0 aromatic carbocycles. The number of nitriles is 1. The summed E-state index contributed by atoms with van der Waals surface area (Å²) in [5.41, 5.74) is 0.355. The largest absolute Gasteiger partial charge is 0.250 e. The van der Waals surface area contributed by atoms with Crippen LogP contribution in [0.15, 0.2) is 12.3 Å². The minimum atomic E-state index is -0.356. The summed E-state index contributed by atoms with van der Waals surface area (Å²) in [6, 6.07) is 3.17. The molecule has 1 aromatic rings. The maximum absolute atomic E-state index is 12.8. The molecule has 0 aliphatic rings. The van der Waals surface area contributed by atoms with Gasteiger partial charge in [0, 0.05) is 17.8 Å². The van der Waals surface area contributed by atoms with Crippen molar-refractivity contribution in [3.8, 4) is 6.07 Å². The molecule has 0 atom stereocenters. The normalized spacial score (nSPS) is 9.18. The third-order valence-corrected chi connectivity index (χ3v) is 1.76. The maximum atomic E-state index is 12.8. The van der Waals surface area contributed by atoms with Crippen molar-refractivity contribution in [1.82, 2.24) is 4.98 Å². The minimum Gasteiger partial charge on any atom is -0.250 e. The van der Waals surface area contributed by atoms with E-state index in [-0.39, 0.29) is 12.2 Å². The lowest BCUT2D eigenvalue weighted by Crippen LogP contribution is -1.91. The summed E-state index contributed by atoms with van der Waals surface area (Å²) in [5.74, 6) is -0.356. The van der Waals surface area contributed by atoms with Crippen LogP contribution in [0.2, 0.25) is 0 Å². The van der Waals surface area contributed by atoms with E-state index in [1.54, 1.807) is 0 Å². The van der Waals surface area contributed by atoms with Gasteiger partial charge in [-0.3, -0.25) is 0 Å². The van der Waals surface area contributed by atoms with Crippen molar-refractivity contribution >= 4 is 22.6 Å². The molecular formula is C7H4FIN2. The average molecular weight is 262 g/mol. The van der Waals surface area contributed by atoms with Gasteiger partial charge in [-0.2, -0.15) is 5.26 Å². The standard InChI is InChI=1S/C7H4FIN2/c8-6-3-7(9)11-4-5(6)1-2-10/h3-4H,1H2. The Morgan fingerprint density at radius 1 is 1.73 bits per heavy atom. The summed E-state index contributed by atoms with van der Waals surface area (Å²) in [7, 11) is 0. The van der Waals surface area contributed by atoms with Crippen LogP contribution in [0.4, 0.5) is 4.39 Å². The minimum absolute atomic E-state index is 0.0791. The fraction of sp³-hybridized carbons (Fsp3) is 0.143. The van der Waals surface area contributed by atoms with Crippen molar-refractivity contribution in [1.29, 1.82) is 5.26 Å². The van der Waals surface area contributed by atoms with Crippen LogP contribution in [0.3, 0.4) is 0 Å². The monoisotopic (exact) mass is 262 g/mol. The molecule has 1 aromatic heterocycles. The van der Waals surface area contributed by atoms with Gasteiger partial charge in [-0.15, -0.1) is 0 Å². The first kappa shape index (κ1) is 8.40. The van der Waals surface area contributed by atoms with E-state index < -0.39 is 0 Å². The summed E-state index contributed by atoms with van der Waals surface area (Å²) in [5, 5.41) is 8.27. The van der Waals surface area contributed by atoms with Crippen LogP contribution >= 0.6 is 22.6 Å². The molecule has 0 bridgehead atoms. The molecule has 0 saturated heterocycles. The molecule has 0 aliphatic carbocycles. The summed E-state index contributed by atoms with van der Waals surface area (Å²) < 4.78 is 13.4. The van der Waals surface area contributed by atoms with Crippen LogP contribution in [0, 0.1) is 20.8 Å². The van der Waals surface area contributed by atoms with Crippen molar-refractivity contribution in [3.05, 3.63) is 27.3 Å². The van der Waals surface area contributed by atoms with Gasteiger partial charge in [0.1, 0.15) is 9.52 Å². The molecule has 0 amide bonds. The fourth-order valence-electron chi connectivity index (χ4n) is 0.651.